The maximum Gasteiger partial charge on any atom is 0.237 e. The van der Waals surface area contributed by atoms with E-state index in [2.05, 4.69) is 5.10 Å². The summed E-state index contributed by atoms with van der Waals surface area (Å²) in [5, 5.41) is 4.99. The number of hydrogen-bond acceptors (Lipinski definition) is 3. The number of aromatic nitrogens is 2. The molecule has 6 heteroatoms. The van der Waals surface area contributed by atoms with Gasteiger partial charge in [-0.1, -0.05) is 11.6 Å². The second kappa shape index (κ2) is 5.06. The average molecular weight is 259 g/mol. The van der Waals surface area contributed by atoms with Crippen molar-refractivity contribution in [3.05, 3.63) is 16.4 Å². The number of amides is 1. The quantitative estimate of drug-likeness (QED) is 0.830. The Kier molecular flexibility index (Phi) is 4.16. The molecule has 0 fully saturated rings. The van der Waals surface area contributed by atoms with Gasteiger partial charge in [-0.25, -0.2) is 0 Å². The second-order valence-corrected chi connectivity index (χ2v) is 4.97. The van der Waals surface area contributed by atoms with Crippen LogP contribution in [0, 0.1) is 13.8 Å². The zero-order valence-electron chi connectivity index (χ0n) is 10.5. The van der Waals surface area contributed by atoms with Crippen LogP contribution in [0.25, 0.3) is 0 Å². The van der Waals surface area contributed by atoms with E-state index >= 15 is 0 Å². The van der Waals surface area contributed by atoms with Crippen LogP contribution in [0.1, 0.15) is 31.2 Å². The van der Waals surface area contributed by atoms with Gasteiger partial charge in [0.15, 0.2) is 0 Å². The summed E-state index contributed by atoms with van der Waals surface area (Å²) in [5.41, 5.74) is 11.8. The summed E-state index contributed by atoms with van der Waals surface area (Å²) < 4.78 is 1.83. The summed E-state index contributed by atoms with van der Waals surface area (Å²) in [7, 11) is 0. The fourth-order valence-corrected chi connectivity index (χ4v) is 1.75. The lowest BCUT2D eigenvalue weighted by molar-refractivity contribution is -0.122. The average Bonchev–Trinajstić information content (AvgIpc) is 2.46. The lowest BCUT2D eigenvalue weighted by Gasteiger charge is -2.20. The number of nitrogens with zero attached hydrogens (tertiary/aromatic N) is 2. The summed E-state index contributed by atoms with van der Waals surface area (Å²) in [5.74, 6) is -0.482. The van der Waals surface area contributed by atoms with Crippen LogP contribution >= 0.6 is 11.6 Å². The molecule has 0 aromatic carbocycles. The minimum absolute atomic E-state index is 0.482. The van der Waals surface area contributed by atoms with E-state index in [9.17, 15) is 4.79 Å². The zero-order valence-corrected chi connectivity index (χ0v) is 11.2. The fraction of sp³-hybridized carbons (Fsp3) is 0.636. The van der Waals surface area contributed by atoms with Crippen LogP contribution in [0.4, 0.5) is 0 Å². The van der Waals surface area contributed by atoms with Crippen molar-refractivity contribution in [2.75, 3.05) is 0 Å². The molecule has 1 heterocycles. The summed E-state index contributed by atoms with van der Waals surface area (Å²) in [6, 6.07) is 0. The van der Waals surface area contributed by atoms with Crippen LogP contribution < -0.4 is 11.5 Å². The van der Waals surface area contributed by atoms with Gasteiger partial charge in [0.1, 0.15) is 0 Å². The molecule has 1 atom stereocenters. The van der Waals surface area contributed by atoms with Crippen molar-refractivity contribution in [1.29, 1.82) is 0 Å². The molecule has 5 nitrogen and oxygen atoms in total. The lowest BCUT2D eigenvalue weighted by atomic mass is 9.96. The van der Waals surface area contributed by atoms with Gasteiger partial charge in [0, 0.05) is 6.54 Å². The largest absolute Gasteiger partial charge is 0.368 e. The highest BCUT2D eigenvalue weighted by Crippen LogP contribution is 2.19. The molecule has 0 spiro atoms. The van der Waals surface area contributed by atoms with Crippen LogP contribution in [0.5, 0.6) is 0 Å². The first-order valence-electron chi connectivity index (χ1n) is 5.54. The molecule has 0 aliphatic carbocycles. The maximum atomic E-state index is 11.0. The highest BCUT2D eigenvalue weighted by Gasteiger charge is 2.24. The first kappa shape index (κ1) is 14.0. The Labute approximate surface area is 106 Å². The van der Waals surface area contributed by atoms with E-state index < -0.39 is 11.4 Å². The van der Waals surface area contributed by atoms with Crippen LogP contribution in [0.15, 0.2) is 0 Å². The van der Waals surface area contributed by atoms with Crippen LogP contribution in [-0.2, 0) is 11.3 Å². The van der Waals surface area contributed by atoms with Gasteiger partial charge < -0.3 is 11.5 Å². The standard InChI is InChI=1S/C11H19ClN4O/c1-7-9(12)8(2)16(15-7)6-4-5-11(3,14)10(13)17/h4-6,14H2,1-3H3,(H2,13,17). The Hall–Kier alpha value is -1.07. The fourth-order valence-electron chi connectivity index (χ4n) is 1.61. The number of aryl methyl sites for hydroxylation is 2. The third-order valence-electron chi connectivity index (χ3n) is 2.92. The Bertz CT molecular complexity index is 425. The minimum atomic E-state index is -0.958. The molecule has 0 aliphatic heterocycles. The third-order valence-corrected chi connectivity index (χ3v) is 3.47. The minimum Gasteiger partial charge on any atom is -0.368 e. The van der Waals surface area contributed by atoms with Crippen molar-refractivity contribution in [2.24, 2.45) is 11.5 Å². The van der Waals surface area contributed by atoms with E-state index in [0.717, 1.165) is 17.8 Å². The molecule has 0 bridgehead atoms. The summed E-state index contributed by atoms with van der Waals surface area (Å²) >= 11 is 6.04. The summed E-state index contributed by atoms with van der Waals surface area (Å²) in [4.78, 5) is 11.0. The molecule has 1 amide bonds. The van der Waals surface area contributed by atoms with E-state index in [0.29, 0.717) is 18.0 Å². The van der Waals surface area contributed by atoms with E-state index in [-0.39, 0.29) is 0 Å². The second-order valence-electron chi connectivity index (χ2n) is 4.59. The van der Waals surface area contributed by atoms with Crippen LogP contribution in [0.2, 0.25) is 5.02 Å². The SMILES string of the molecule is Cc1nn(CCCC(C)(N)C(N)=O)c(C)c1Cl. The summed E-state index contributed by atoms with van der Waals surface area (Å²) in [6.45, 7) is 6.10. The topological polar surface area (TPSA) is 86.9 Å². The van der Waals surface area contributed by atoms with E-state index in [1.807, 2.05) is 18.5 Å². The highest BCUT2D eigenvalue weighted by molar-refractivity contribution is 6.31. The molecule has 1 aromatic heterocycles. The van der Waals surface area contributed by atoms with Gasteiger partial charge in [-0.3, -0.25) is 9.48 Å². The van der Waals surface area contributed by atoms with Crippen molar-refractivity contribution < 1.29 is 4.79 Å². The van der Waals surface area contributed by atoms with Crippen molar-refractivity contribution in [1.82, 2.24) is 9.78 Å². The number of halogens is 1. The predicted molar refractivity (Wildman–Crippen MR) is 67.7 cm³/mol. The molecule has 0 aliphatic rings. The molecule has 4 N–H and O–H groups in total. The number of carbonyl (C=O) groups is 1. The monoisotopic (exact) mass is 258 g/mol. The molecule has 0 saturated carbocycles. The predicted octanol–water partition coefficient (Wildman–Crippen LogP) is 1.14. The number of carbonyl (C=O) groups excluding carboxylic acids is 1. The molecule has 0 radical (unpaired) electrons. The highest BCUT2D eigenvalue weighted by atomic mass is 35.5. The first-order valence-corrected chi connectivity index (χ1v) is 5.92. The Morgan fingerprint density at radius 2 is 2.12 bits per heavy atom. The number of rotatable bonds is 5. The van der Waals surface area contributed by atoms with E-state index in [1.54, 1.807) is 6.92 Å². The van der Waals surface area contributed by atoms with Gasteiger partial charge in [0.2, 0.25) is 5.91 Å². The van der Waals surface area contributed by atoms with Crippen LogP contribution in [0.3, 0.4) is 0 Å². The molecule has 1 unspecified atom stereocenters. The Morgan fingerprint density at radius 1 is 1.53 bits per heavy atom. The molecular formula is C11H19ClN4O. The van der Waals surface area contributed by atoms with Crippen molar-refractivity contribution in [3.8, 4) is 0 Å². The normalized spacial score (nSPS) is 14.6. The first-order chi connectivity index (χ1) is 7.75. The van der Waals surface area contributed by atoms with Crippen molar-refractivity contribution in [2.45, 2.75) is 45.7 Å². The molecule has 17 heavy (non-hydrogen) atoms. The third kappa shape index (κ3) is 3.20. The Morgan fingerprint density at radius 3 is 2.53 bits per heavy atom. The molecular weight excluding hydrogens is 240 g/mol. The smallest absolute Gasteiger partial charge is 0.237 e. The number of nitrogens with two attached hydrogens (primary N) is 2. The van der Waals surface area contributed by atoms with Gasteiger partial charge in [-0.05, 0) is 33.6 Å². The molecule has 0 saturated heterocycles. The van der Waals surface area contributed by atoms with Crippen molar-refractivity contribution in [3.63, 3.8) is 0 Å². The van der Waals surface area contributed by atoms with Crippen molar-refractivity contribution >= 4 is 17.5 Å². The van der Waals surface area contributed by atoms with Gasteiger partial charge >= 0.3 is 0 Å². The Balaban J connectivity index is 2.57. The van der Waals surface area contributed by atoms with E-state index in [1.165, 1.54) is 0 Å². The molecule has 1 aromatic rings. The lowest BCUT2D eigenvalue weighted by Crippen LogP contribution is -2.49. The summed E-state index contributed by atoms with van der Waals surface area (Å²) in [6.07, 6.45) is 1.26. The molecule has 96 valence electrons. The molecule has 1 rings (SSSR count). The maximum absolute atomic E-state index is 11.0. The van der Waals surface area contributed by atoms with Gasteiger partial charge in [0.05, 0.1) is 21.9 Å². The number of primary amides is 1. The van der Waals surface area contributed by atoms with E-state index in [4.69, 9.17) is 23.1 Å². The van der Waals surface area contributed by atoms with Gasteiger partial charge in [-0.15, -0.1) is 0 Å². The van der Waals surface area contributed by atoms with Gasteiger partial charge in [-0.2, -0.15) is 5.10 Å². The van der Waals surface area contributed by atoms with Gasteiger partial charge in [0.25, 0.3) is 0 Å². The van der Waals surface area contributed by atoms with Crippen LogP contribution in [-0.4, -0.2) is 21.2 Å². The zero-order chi connectivity index (χ0) is 13.2. The number of hydrogen-bond donors (Lipinski definition) is 2.